The number of aliphatic hydroxyl groups is 1. The van der Waals surface area contributed by atoms with Gasteiger partial charge in [-0.15, -0.1) is 11.8 Å². The number of thioether (sulfide) groups is 1. The van der Waals surface area contributed by atoms with E-state index >= 15 is 0 Å². The van der Waals surface area contributed by atoms with E-state index in [1.54, 1.807) is 0 Å². The molecule has 1 aliphatic rings. The molecule has 0 spiro atoms. The molecule has 0 aliphatic heterocycles. The van der Waals surface area contributed by atoms with Crippen LogP contribution in [0.2, 0.25) is 0 Å². The molecular formula is C15H23NOS. The van der Waals surface area contributed by atoms with Crippen LogP contribution in [0.4, 0.5) is 5.69 Å². The lowest BCUT2D eigenvalue weighted by Gasteiger charge is -2.40. The second-order valence-corrected chi connectivity index (χ2v) is 7.21. The highest BCUT2D eigenvalue weighted by molar-refractivity contribution is 7.99. The number of anilines is 1. The summed E-state index contributed by atoms with van der Waals surface area (Å²) in [6.45, 7) is 5.61. The first-order valence-corrected chi connectivity index (χ1v) is 7.63. The van der Waals surface area contributed by atoms with Crippen molar-refractivity contribution < 1.29 is 5.11 Å². The molecule has 100 valence electrons. The predicted octanol–water partition coefficient (Wildman–Crippen LogP) is 3.76. The van der Waals surface area contributed by atoms with E-state index in [2.05, 4.69) is 43.4 Å². The van der Waals surface area contributed by atoms with Gasteiger partial charge >= 0.3 is 0 Å². The second-order valence-electron chi connectivity index (χ2n) is 5.56. The molecule has 2 nitrogen and oxygen atoms in total. The van der Waals surface area contributed by atoms with Crippen LogP contribution in [0.1, 0.15) is 33.1 Å². The van der Waals surface area contributed by atoms with Gasteiger partial charge in [-0.1, -0.05) is 20.3 Å². The minimum Gasteiger partial charge on any atom is -0.396 e. The van der Waals surface area contributed by atoms with Gasteiger partial charge in [-0.05, 0) is 37.1 Å². The molecule has 0 radical (unpaired) electrons. The molecule has 1 fully saturated rings. The number of nitrogens with one attached hydrogen (secondary N) is 1. The Morgan fingerprint density at radius 3 is 2.39 bits per heavy atom. The van der Waals surface area contributed by atoms with Crippen molar-refractivity contribution >= 4 is 17.4 Å². The van der Waals surface area contributed by atoms with Crippen molar-refractivity contribution in [3.05, 3.63) is 24.3 Å². The first-order chi connectivity index (χ1) is 8.63. The van der Waals surface area contributed by atoms with Crippen LogP contribution in [-0.2, 0) is 0 Å². The van der Waals surface area contributed by atoms with Gasteiger partial charge in [0.15, 0.2) is 0 Å². The third-order valence-electron chi connectivity index (χ3n) is 3.64. The van der Waals surface area contributed by atoms with Crippen molar-refractivity contribution in [2.24, 2.45) is 5.41 Å². The van der Waals surface area contributed by atoms with E-state index in [9.17, 15) is 5.11 Å². The first kappa shape index (κ1) is 13.8. The number of benzene rings is 1. The maximum absolute atomic E-state index is 9.41. The van der Waals surface area contributed by atoms with Crippen molar-refractivity contribution in [3.8, 4) is 0 Å². The van der Waals surface area contributed by atoms with Gasteiger partial charge in [0, 0.05) is 27.8 Å². The lowest BCUT2D eigenvalue weighted by Crippen LogP contribution is -2.39. The van der Waals surface area contributed by atoms with E-state index in [0.717, 1.165) is 25.1 Å². The fraction of sp³-hybridized carbons (Fsp3) is 0.600. The molecule has 18 heavy (non-hydrogen) atoms. The van der Waals surface area contributed by atoms with Gasteiger partial charge in [-0.25, -0.2) is 0 Å². The maximum Gasteiger partial charge on any atom is 0.0504 e. The largest absolute Gasteiger partial charge is 0.396 e. The summed E-state index contributed by atoms with van der Waals surface area (Å²) in [5, 5.41) is 13.5. The third-order valence-corrected chi connectivity index (χ3v) is 4.66. The van der Waals surface area contributed by atoms with Crippen LogP contribution in [0.15, 0.2) is 29.2 Å². The normalized spacial score (nSPS) is 17.6. The third kappa shape index (κ3) is 3.42. The molecule has 0 amide bonds. The monoisotopic (exact) mass is 265 g/mol. The van der Waals surface area contributed by atoms with Crippen molar-refractivity contribution in [2.45, 2.75) is 43.3 Å². The molecule has 2 N–H and O–H groups in total. The predicted molar refractivity (Wildman–Crippen MR) is 79.3 cm³/mol. The standard InChI is InChI=1S/C15H23NOS/c1-12(2)18-14-6-4-13(5-7-14)16-10-15(11-17)8-3-9-15/h4-7,12,16-17H,3,8-11H2,1-2H3. The van der Waals surface area contributed by atoms with Crippen LogP contribution in [0.5, 0.6) is 0 Å². The van der Waals surface area contributed by atoms with Crippen molar-refractivity contribution in [1.29, 1.82) is 0 Å². The molecule has 0 saturated heterocycles. The fourth-order valence-electron chi connectivity index (χ4n) is 2.28. The van der Waals surface area contributed by atoms with Gasteiger partial charge in [0.2, 0.25) is 0 Å². The minimum absolute atomic E-state index is 0.144. The Balaban J connectivity index is 1.86. The van der Waals surface area contributed by atoms with Gasteiger partial charge in [0.1, 0.15) is 0 Å². The average molecular weight is 265 g/mol. The SMILES string of the molecule is CC(C)Sc1ccc(NCC2(CO)CCC2)cc1. The molecule has 3 heteroatoms. The Morgan fingerprint density at radius 2 is 1.94 bits per heavy atom. The molecular weight excluding hydrogens is 242 g/mol. The molecule has 0 bridgehead atoms. The highest BCUT2D eigenvalue weighted by Crippen LogP contribution is 2.40. The molecule has 2 rings (SSSR count). The quantitative estimate of drug-likeness (QED) is 0.768. The number of rotatable bonds is 6. The summed E-state index contributed by atoms with van der Waals surface area (Å²) in [7, 11) is 0. The van der Waals surface area contributed by atoms with Gasteiger partial charge in [-0.3, -0.25) is 0 Å². The van der Waals surface area contributed by atoms with Crippen LogP contribution in [-0.4, -0.2) is 23.5 Å². The van der Waals surface area contributed by atoms with Crippen LogP contribution in [0.25, 0.3) is 0 Å². The summed E-state index contributed by atoms with van der Waals surface area (Å²) in [6, 6.07) is 8.60. The Bertz CT molecular complexity index is 365. The summed E-state index contributed by atoms with van der Waals surface area (Å²) in [5.74, 6) is 0. The Hall–Kier alpha value is -0.670. The molecule has 0 atom stereocenters. The van der Waals surface area contributed by atoms with Gasteiger partial charge in [-0.2, -0.15) is 0 Å². The van der Waals surface area contributed by atoms with E-state index in [4.69, 9.17) is 0 Å². The molecule has 0 aromatic heterocycles. The summed E-state index contributed by atoms with van der Waals surface area (Å²) in [4.78, 5) is 1.32. The van der Waals surface area contributed by atoms with Crippen LogP contribution < -0.4 is 5.32 Å². The van der Waals surface area contributed by atoms with E-state index < -0.39 is 0 Å². The minimum atomic E-state index is 0.144. The highest BCUT2D eigenvalue weighted by Gasteiger charge is 2.35. The lowest BCUT2D eigenvalue weighted by atomic mass is 9.69. The van der Waals surface area contributed by atoms with Crippen LogP contribution >= 0.6 is 11.8 Å². The Morgan fingerprint density at radius 1 is 1.28 bits per heavy atom. The van der Waals surface area contributed by atoms with E-state index in [0.29, 0.717) is 11.9 Å². The lowest BCUT2D eigenvalue weighted by molar-refractivity contribution is 0.0576. The number of hydrogen-bond acceptors (Lipinski definition) is 3. The van der Waals surface area contributed by atoms with E-state index in [1.807, 2.05) is 11.8 Å². The number of hydrogen-bond donors (Lipinski definition) is 2. The second kappa shape index (κ2) is 5.98. The van der Waals surface area contributed by atoms with Gasteiger partial charge in [0.25, 0.3) is 0 Å². The smallest absolute Gasteiger partial charge is 0.0504 e. The summed E-state index contributed by atoms with van der Waals surface area (Å²) in [6.07, 6.45) is 3.56. The summed E-state index contributed by atoms with van der Waals surface area (Å²) < 4.78 is 0. The molecule has 1 aliphatic carbocycles. The highest BCUT2D eigenvalue weighted by atomic mass is 32.2. The topological polar surface area (TPSA) is 32.3 Å². The van der Waals surface area contributed by atoms with Crippen molar-refractivity contribution in [1.82, 2.24) is 0 Å². The van der Waals surface area contributed by atoms with Gasteiger partial charge in [0.05, 0.1) is 6.61 Å². The van der Waals surface area contributed by atoms with E-state index in [-0.39, 0.29) is 5.41 Å². The van der Waals surface area contributed by atoms with Crippen LogP contribution in [0.3, 0.4) is 0 Å². The van der Waals surface area contributed by atoms with Gasteiger partial charge < -0.3 is 10.4 Å². The Labute approximate surface area is 114 Å². The fourth-order valence-corrected chi connectivity index (χ4v) is 3.12. The maximum atomic E-state index is 9.41. The molecule has 0 heterocycles. The molecule has 1 aromatic carbocycles. The zero-order valence-corrected chi connectivity index (χ0v) is 12.1. The Kier molecular flexibility index (Phi) is 4.57. The van der Waals surface area contributed by atoms with Crippen molar-refractivity contribution in [3.63, 3.8) is 0 Å². The average Bonchev–Trinajstić information content (AvgIpc) is 2.30. The van der Waals surface area contributed by atoms with E-state index in [1.165, 1.54) is 11.3 Å². The molecule has 1 saturated carbocycles. The van der Waals surface area contributed by atoms with Crippen molar-refractivity contribution in [2.75, 3.05) is 18.5 Å². The molecule has 1 aromatic rings. The number of aliphatic hydroxyl groups excluding tert-OH is 1. The molecule has 0 unspecified atom stereocenters. The van der Waals surface area contributed by atoms with Crippen LogP contribution in [0, 0.1) is 5.41 Å². The zero-order chi connectivity index (χ0) is 13.0. The zero-order valence-electron chi connectivity index (χ0n) is 11.3. The first-order valence-electron chi connectivity index (χ1n) is 6.75. The summed E-state index contributed by atoms with van der Waals surface area (Å²) >= 11 is 1.88. The summed E-state index contributed by atoms with van der Waals surface area (Å²) in [5.41, 5.74) is 1.30.